The Morgan fingerprint density at radius 2 is 2.25 bits per heavy atom. The fourth-order valence-electron chi connectivity index (χ4n) is 1.26. The summed E-state index contributed by atoms with van der Waals surface area (Å²) in [6.07, 6.45) is 1.14. The van der Waals surface area contributed by atoms with Crippen LogP contribution in [0.3, 0.4) is 0 Å². The second kappa shape index (κ2) is 7.65. The van der Waals surface area contributed by atoms with Crippen LogP contribution in [0.1, 0.15) is 25.1 Å². The first-order chi connectivity index (χ1) is 7.70. The minimum absolute atomic E-state index is 0.721. The summed E-state index contributed by atoms with van der Waals surface area (Å²) in [6.45, 7) is 7.79. The summed E-state index contributed by atoms with van der Waals surface area (Å²) in [5.74, 6) is 0.721. The minimum Gasteiger partial charge on any atom is -0.398 e. The first-order valence-electron chi connectivity index (χ1n) is 5.80. The topological polar surface area (TPSA) is 47.3 Å². The van der Waals surface area contributed by atoms with Crippen LogP contribution in [0.2, 0.25) is 0 Å². The lowest BCUT2D eigenvalue weighted by atomic mass is 10.1. The quantitative estimate of drug-likeness (QED) is 0.689. The van der Waals surface area contributed by atoms with E-state index in [-0.39, 0.29) is 0 Å². The zero-order chi connectivity index (χ0) is 11.8. The van der Waals surface area contributed by atoms with Gasteiger partial charge in [-0.3, -0.25) is 0 Å². The number of nitrogens with two attached hydrogens (primary N) is 1. The van der Waals surface area contributed by atoms with E-state index in [2.05, 4.69) is 19.2 Å². The van der Waals surface area contributed by atoms with Crippen LogP contribution >= 0.6 is 11.3 Å². The van der Waals surface area contributed by atoms with Crippen LogP contribution in [0.15, 0.2) is 11.4 Å². The van der Waals surface area contributed by atoms with Crippen molar-refractivity contribution in [2.24, 2.45) is 5.92 Å². The summed E-state index contributed by atoms with van der Waals surface area (Å²) in [4.78, 5) is 1.21. The highest BCUT2D eigenvalue weighted by Gasteiger charge is 1.99. The molecule has 0 bridgehead atoms. The molecule has 1 aromatic rings. The van der Waals surface area contributed by atoms with Crippen LogP contribution in [0.5, 0.6) is 0 Å². The molecule has 92 valence electrons. The van der Waals surface area contributed by atoms with Gasteiger partial charge in [-0.25, -0.2) is 0 Å². The van der Waals surface area contributed by atoms with E-state index in [1.54, 1.807) is 11.3 Å². The van der Waals surface area contributed by atoms with Crippen molar-refractivity contribution in [1.29, 1.82) is 0 Å². The zero-order valence-corrected chi connectivity index (χ0v) is 11.0. The van der Waals surface area contributed by atoms with Gasteiger partial charge in [0.15, 0.2) is 0 Å². The van der Waals surface area contributed by atoms with Gasteiger partial charge in [-0.1, -0.05) is 13.8 Å². The molecule has 0 unspecified atom stereocenters. The highest BCUT2D eigenvalue weighted by molar-refractivity contribution is 7.10. The molecule has 0 radical (unpaired) electrons. The maximum Gasteiger partial charge on any atom is 0.0591 e. The Balaban J connectivity index is 1.94. The summed E-state index contributed by atoms with van der Waals surface area (Å²) < 4.78 is 5.50. The standard InChI is InChI=1S/C12H22N2OS/c1-10(2)3-6-15-7-5-14-9-12-11(13)4-8-16-12/h4,8,10,14H,3,5-7,9,13H2,1-2H3. The average molecular weight is 242 g/mol. The molecule has 0 saturated carbocycles. The molecular formula is C12H22N2OS. The number of hydrogen-bond acceptors (Lipinski definition) is 4. The van der Waals surface area contributed by atoms with Crippen LogP contribution in [-0.4, -0.2) is 19.8 Å². The molecule has 1 heterocycles. The number of nitrogen functional groups attached to an aromatic ring is 1. The molecule has 0 saturated heterocycles. The maximum absolute atomic E-state index is 5.78. The van der Waals surface area contributed by atoms with Crippen molar-refractivity contribution in [3.05, 3.63) is 16.3 Å². The normalized spacial score (nSPS) is 11.2. The Hall–Kier alpha value is -0.580. The molecule has 0 spiro atoms. The highest BCUT2D eigenvalue weighted by Crippen LogP contribution is 2.17. The maximum atomic E-state index is 5.78. The number of anilines is 1. The number of ether oxygens (including phenoxy) is 1. The third kappa shape index (κ3) is 5.49. The Labute approximate surface area is 102 Å². The van der Waals surface area contributed by atoms with Crippen molar-refractivity contribution in [2.45, 2.75) is 26.8 Å². The van der Waals surface area contributed by atoms with Gasteiger partial charge in [0.2, 0.25) is 0 Å². The lowest BCUT2D eigenvalue weighted by Crippen LogP contribution is -2.19. The third-order valence-corrected chi connectivity index (χ3v) is 3.26. The highest BCUT2D eigenvalue weighted by atomic mass is 32.1. The van der Waals surface area contributed by atoms with E-state index in [9.17, 15) is 0 Å². The second-order valence-electron chi connectivity index (χ2n) is 4.27. The Morgan fingerprint density at radius 1 is 1.44 bits per heavy atom. The van der Waals surface area contributed by atoms with Crippen LogP contribution in [0, 0.1) is 5.92 Å². The SMILES string of the molecule is CC(C)CCOCCNCc1sccc1N. The molecule has 0 aliphatic rings. The summed E-state index contributed by atoms with van der Waals surface area (Å²) in [5.41, 5.74) is 6.66. The van der Waals surface area contributed by atoms with E-state index in [1.165, 1.54) is 4.88 Å². The van der Waals surface area contributed by atoms with Gasteiger partial charge in [-0.2, -0.15) is 0 Å². The molecule has 0 atom stereocenters. The lowest BCUT2D eigenvalue weighted by Gasteiger charge is -2.07. The van der Waals surface area contributed by atoms with Crippen LogP contribution < -0.4 is 11.1 Å². The van der Waals surface area contributed by atoms with Gasteiger partial charge < -0.3 is 15.8 Å². The molecule has 0 aliphatic heterocycles. The molecule has 16 heavy (non-hydrogen) atoms. The molecule has 0 fully saturated rings. The minimum atomic E-state index is 0.721. The molecule has 0 aromatic carbocycles. The van der Waals surface area contributed by atoms with Gasteiger partial charge in [0.25, 0.3) is 0 Å². The molecule has 1 aromatic heterocycles. The monoisotopic (exact) mass is 242 g/mol. The Bertz CT molecular complexity index is 286. The van der Waals surface area contributed by atoms with E-state index in [0.29, 0.717) is 0 Å². The predicted octanol–water partition coefficient (Wildman–Crippen LogP) is 2.48. The van der Waals surface area contributed by atoms with E-state index < -0.39 is 0 Å². The van der Waals surface area contributed by atoms with Crippen molar-refractivity contribution in [3.8, 4) is 0 Å². The van der Waals surface area contributed by atoms with Crippen LogP contribution in [0.25, 0.3) is 0 Å². The number of hydrogen-bond donors (Lipinski definition) is 2. The summed E-state index contributed by atoms with van der Waals surface area (Å²) in [6, 6.07) is 1.95. The summed E-state index contributed by atoms with van der Waals surface area (Å²) >= 11 is 1.69. The average Bonchev–Trinajstić information content (AvgIpc) is 2.62. The van der Waals surface area contributed by atoms with Gasteiger partial charge in [-0.15, -0.1) is 11.3 Å². The second-order valence-corrected chi connectivity index (χ2v) is 5.27. The fraction of sp³-hybridized carbons (Fsp3) is 0.667. The van der Waals surface area contributed by atoms with Crippen molar-refractivity contribution in [1.82, 2.24) is 5.32 Å². The predicted molar refractivity (Wildman–Crippen MR) is 70.7 cm³/mol. The van der Waals surface area contributed by atoms with Gasteiger partial charge >= 0.3 is 0 Å². The Kier molecular flexibility index (Phi) is 6.45. The molecule has 0 amide bonds. The summed E-state index contributed by atoms with van der Waals surface area (Å²) in [5, 5.41) is 5.34. The van der Waals surface area contributed by atoms with E-state index in [1.807, 2.05) is 11.4 Å². The molecule has 4 heteroatoms. The molecule has 3 N–H and O–H groups in total. The van der Waals surface area contributed by atoms with E-state index >= 15 is 0 Å². The molecule has 3 nitrogen and oxygen atoms in total. The molecule has 1 rings (SSSR count). The first kappa shape index (κ1) is 13.5. The van der Waals surface area contributed by atoms with E-state index in [0.717, 1.165) is 44.3 Å². The van der Waals surface area contributed by atoms with Gasteiger partial charge in [0.1, 0.15) is 0 Å². The summed E-state index contributed by atoms with van der Waals surface area (Å²) in [7, 11) is 0. The molecular weight excluding hydrogens is 220 g/mol. The Morgan fingerprint density at radius 3 is 2.88 bits per heavy atom. The van der Waals surface area contributed by atoms with Crippen molar-refractivity contribution >= 4 is 17.0 Å². The third-order valence-electron chi connectivity index (χ3n) is 2.33. The van der Waals surface area contributed by atoms with Gasteiger partial charge in [-0.05, 0) is 23.8 Å². The van der Waals surface area contributed by atoms with Gasteiger partial charge in [0.05, 0.1) is 6.61 Å². The van der Waals surface area contributed by atoms with Crippen molar-refractivity contribution in [3.63, 3.8) is 0 Å². The molecule has 0 aliphatic carbocycles. The smallest absolute Gasteiger partial charge is 0.0591 e. The first-order valence-corrected chi connectivity index (χ1v) is 6.68. The number of rotatable bonds is 8. The lowest BCUT2D eigenvalue weighted by molar-refractivity contribution is 0.125. The largest absolute Gasteiger partial charge is 0.398 e. The van der Waals surface area contributed by atoms with Crippen LogP contribution in [-0.2, 0) is 11.3 Å². The fourth-order valence-corrected chi connectivity index (χ4v) is 2.03. The van der Waals surface area contributed by atoms with Crippen molar-refractivity contribution in [2.75, 3.05) is 25.5 Å². The van der Waals surface area contributed by atoms with E-state index in [4.69, 9.17) is 10.5 Å². The van der Waals surface area contributed by atoms with Crippen molar-refractivity contribution < 1.29 is 4.74 Å². The van der Waals surface area contributed by atoms with Gasteiger partial charge in [0, 0.05) is 30.3 Å². The van der Waals surface area contributed by atoms with Crippen LogP contribution in [0.4, 0.5) is 5.69 Å². The number of nitrogens with one attached hydrogen (secondary N) is 1. The number of thiophene rings is 1. The zero-order valence-electron chi connectivity index (χ0n) is 10.2.